The van der Waals surface area contributed by atoms with Gasteiger partial charge in [0.2, 0.25) is 0 Å². The molecule has 1 rings (SSSR count). The lowest BCUT2D eigenvalue weighted by Crippen LogP contribution is -2.25. The molecule has 0 aliphatic carbocycles. The monoisotopic (exact) mass is 215 g/mol. The summed E-state index contributed by atoms with van der Waals surface area (Å²) < 4.78 is 41.0. The third-order valence-corrected chi connectivity index (χ3v) is 1.62. The highest BCUT2D eigenvalue weighted by Crippen LogP contribution is 2.27. The first kappa shape index (κ1) is 11.5. The predicted molar refractivity (Wildman–Crippen MR) is 46.0 cm³/mol. The van der Waals surface area contributed by atoms with Gasteiger partial charge in [-0.05, 0) is 12.1 Å². The summed E-state index contributed by atoms with van der Waals surface area (Å²) in [4.78, 5) is 14.2. The largest absolute Gasteiger partial charge is 0.464 e. The van der Waals surface area contributed by atoms with E-state index in [1.165, 1.54) is 0 Å². The number of rotatable bonds is 1. The number of nitrogens with zero attached hydrogens (tertiary/aromatic N) is 1. The first-order valence-electron chi connectivity index (χ1n) is 3.78. The average Bonchev–Trinajstić information content (AvgIpc) is 2.14. The smallest absolute Gasteiger partial charge is 0.417 e. The zero-order valence-electron chi connectivity index (χ0n) is 7.63. The van der Waals surface area contributed by atoms with Crippen molar-refractivity contribution in [3.05, 3.63) is 23.4 Å². The van der Waals surface area contributed by atoms with E-state index in [-0.39, 0.29) is 5.69 Å². The van der Waals surface area contributed by atoms with Crippen LogP contribution < -0.4 is 5.59 Å². The maximum Gasteiger partial charge on any atom is 0.417 e. The van der Waals surface area contributed by atoms with Crippen LogP contribution in [0.4, 0.5) is 13.2 Å². The van der Waals surface area contributed by atoms with Crippen LogP contribution in [0.25, 0.3) is 0 Å². The first-order valence-corrected chi connectivity index (χ1v) is 3.78. The molecule has 0 N–H and O–H groups in total. The fraction of sp³-hybridized carbons (Fsp3) is 0.250. The standard InChI is InChI=1S/C8H5BF3NO2/c1-15-7(14)5-3-2-4(6(9)13-5)8(10,11)12/h2-3H,1H3. The summed E-state index contributed by atoms with van der Waals surface area (Å²) in [6, 6.07) is 1.60. The Kier molecular flexibility index (Phi) is 3.02. The number of halogens is 3. The van der Waals surface area contributed by atoms with Gasteiger partial charge >= 0.3 is 12.1 Å². The van der Waals surface area contributed by atoms with Crippen LogP contribution in [0.1, 0.15) is 16.1 Å². The zero-order chi connectivity index (χ0) is 11.6. The predicted octanol–water partition coefficient (Wildman–Crippen LogP) is 0.681. The number of carbonyl (C=O) groups excluding carboxylic acids is 1. The van der Waals surface area contributed by atoms with Gasteiger partial charge in [0.15, 0.2) is 0 Å². The van der Waals surface area contributed by atoms with Crippen LogP contribution in [-0.2, 0) is 10.9 Å². The number of methoxy groups -OCH3 is 1. The second-order valence-corrected chi connectivity index (χ2v) is 2.62. The Labute approximate surface area is 84.7 Å². The Morgan fingerprint density at radius 1 is 1.47 bits per heavy atom. The van der Waals surface area contributed by atoms with Crippen molar-refractivity contribution in [1.29, 1.82) is 0 Å². The average molecular weight is 215 g/mol. The summed E-state index contributed by atoms with van der Waals surface area (Å²) in [6.07, 6.45) is -4.58. The Morgan fingerprint density at radius 2 is 2.07 bits per heavy atom. The molecule has 0 unspecified atom stereocenters. The van der Waals surface area contributed by atoms with Crippen LogP contribution in [0.3, 0.4) is 0 Å². The molecule has 1 aromatic rings. The number of hydrogen-bond acceptors (Lipinski definition) is 3. The van der Waals surface area contributed by atoms with Gasteiger partial charge in [-0.3, -0.25) is 4.98 Å². The fourth-order valence-electron chi connectivity index (χ4n) is 0.933. The van der Waals surface area contributed by atoms with Crippen molar-refractivity contribution in [2.24, 2.45) is 0 Å². The molecule has 15 heavy (non-hydrogen) atoms. The normalized spacial score (nSPS) is 11.2. The SMILES string of the molecule is [B]c1nc(C(=O)OC)ccc1C(F)(F)F. The lowest BCUT2D eigenvalue weighted by Gasteiger charge is -2.10. The molecule has 0 aliphatic heterocycles. The fourth-order valence-corrected chi connectivity index (χ4v) is 0.933. The number of alkyl halides is 3. The van der Waals surface area contributed by atoms with Crippen LogP contribution in [0.2, 0.25) is 0 Å². The summed E-state index contributed by atoms with van der Waals surface area (Å²) in [6.45, 7) is 0. The minimum absolute atomic E-state index is 0.261. The third-order valence-electron chi connectivity index (χ3n) is 1.62. The number of esters is 1. The Balaban J connectivity index is 3.15. The van der Waals surface area contributed by atoms with E-state index in [0.29, 0.717) is 6.07 Å². The van der Waals surface area contributed by atoms with Gasteiger partial charge in [-0.15, -0.1) is 0 Å². The Bertz CT molecular complexity index is 392. The summed E-state index contributed by atoms with van der Waals surface area (Å²) >= 11 is 0. The molecule has 0 spiro atoms. The third kappa shape index (κ3) is 2.48. The molecule has 2 radical (unpaired) electrons. The number of pyridine rings is 1. The summed E-state index contributed by atoms with van der Waals surface area (Å²) in [5.74, 6) is -0.838. The molecular weight excluding hydrogens is 210 g/mol. The van der Waals surface area contributed by atoms with E-state index in [1.54, 1.807) is 0 Å². The highest BCUT2D eigenvalue weighted by atomic mass is 19.4. The molecule has 1 heterocycles. The molecule has 3 nitrogen and oxygen atoms in total. The van der Waals surface area contributed by atoms with E-state index >= 15 is 0 Å². The van der Waals surface area contributed by atoms with E-state index in [4.69, 9.17) is 7.85 Å². The van der Waals surface area contributed by atoms with Gasteiger partial charge in [-0.2, -0.15) is 13.2 Å². The second kappa shape index (κ2) is 3.92. The van der Waals surface area contributed by atoms with Crippen molar-refractivity contribution < 1.29 is 22.7 Å². The second-order valence-electron chi connectivity index (χ2n) is 2.62. The molecule has 0 aromatic carbocycles. The van der Waals surface area contributed by atoms with Gasteiger partial charge in [0.05, 0.1) is 12.7 Å². The van der Waals surface area contributed by atoms with Crippen molar-refractivity contribution in [3.8, 4) is 0 Å². The number of aromatic nitrogens is 1. The summed E-state index contributed by atoms with van der Waals surface area (Å²) in [7, 11) is 6.16. The van der Waals surface area contributed by atoms with Gasteiger partial charge < -0.3 is 4.74 Å². The molecule has 1 aromatic heterocycles. The van der Waals surface area contributed by atoms with Gasteiger partial charge in [0.25, 0.3) is 0 Å². The molecular formula is C8H5BF3NO2. The minimum atomic E-state index is -4.58. The molecule has 0 aliphatic rings. The van der Waals surface area contributed by atoms with Crippen molar-refractivity contribution in [1.82, 2.24) is 4.98 Å². The maximum atomic E-state index is 12.2. The molecule has 78 valence electrons. The topological polar surface area (TPSA) is 39.2 Å². The van der Waals surface area contributed by atoms with Crippen molar-refractivity contribution >= 4 is 19.4 Å². The van der Waals surface area contributed by atoms with Gasteiger partial charge in [0.1, 0.15) is 13.5 Å². The highest BCUT2D eigenvalue weighted by Gasteiger charge is 2.32. The Hall–Kier alpha value is -1.53. The molecule has 0 saturated carbocycles. The Morgan fingerprint density at radius 3 is 2.47 bits per heavy atom. The first-order chi connectivity index (χ1) is 6.86. The molecule has 7 heteroatoms. The van der Waals surface area contributed by atoms with Gasteiger partial charge in [-0.1, -0.05) is 0 Å². The quantitative estimate of drug-likeness (QED) is 0.510. The van der Waals surface area contributed by atoms with Gasteiger partial charge in [-0.25, -0.2) is 4.79 Å². The van der Waals surface area contributed by atoms with E-state index in [2.05, 4.69) is 9.72 Å². The number of hydrogen-bond donors (Lipinski definition) is 0. The van der Waals surface area contributed by atoms with E-state index in [1.807, 2.05) is 0 Å². The van der Waals surface area contributed by atoms with Gasteiger partial charge in [0, 0.05) is 5.59 Å². The molecule has 0 bridgehead atoms. The van der Waals surface area contributed by atoms with Crippen LogP contribution in [-0.4, -0.2) is 25.9 Å². The molecule has 0 fully saturated rings. The summed E-state index contributed by atoms with van der Waals surface area (Å²) in [5, 5.41) is 0. The van der Waals surface area contributed by atoms with Crippen molar-refractivity contribution in [2.45, 2.75) is 6.18 Å². The van der Waals surface area contributed by atoms with Crippen molar-refractivity contribution in [3.63, 3.8) is 0 Å². The molecule has 0 saturated heterocycles. The highest BCUT2D eigenvalue weighted by molar-refractivity contribution is 6.31. The summed E-state index contributed by atoms with van der Waals surface area (Å²) in [5.41, 5.74) is -2.08. The van der Waals surface area contributed by atoms with Crippen LogP contribution >= 0.6 is 0 Å². The molecule has 0 atom stereocenters. The van der Waals surface area contributed by atoms with Crippen LogP contribution in [0.15, 0.2) is 12.1 Å². The van der Waals surface area contributed by atoms with E-state index in [9.17, 15) is 18.0 Å². The zero-order valence-corrected chi connectivity index (χ0v) is 7.63. The maximum absolute atomic E-state index is 12.2. The molecule has 0 amide bonds. The minimum Gasteiger partial charge on any atom is -0.464 e. The number of carbonyl (C=O) groups is 1. The van der Waals surface area contributed by atoms with Crippen molar-refractivity contribution in [2.75, 3.05) is 7.11 Å². The van der Waals surface area contributed by atoms with E-state index < -0.39 is 23.3 Å². The van der Waals surface area contributed by atoms with Crippen LogP contribution in [0, 0.1) is 0 Å². The number of ether oxygens (including phenoxy) is 1. The van der Waals surface area contributed by atoms with E-state index in [0.717, 1.165) is 13.2 Å². The van der Waals surface area contributed by atoms with Crippen LogP contribution in [0.5, 0.6) is 0 Å². The lowest BCUT2D eigenvalue weighted by atomic mass is 9.96. The lowest BCUT2D eigenvalue weighted by molar-refractivity contribution is -0.136.